The van der Waals surface area contributed by atoms with Crippen LogP contribution in [0.1, 0.15) is 31.6 Å². The highest BCUT2D eigenvalue weighted by atomic mass is 79.9. The van der Waals surface area contributed by atoms with E-state index in [1.807, 2.05) is 11.3 Å². The van der Waals surface area contributed by atoms with E-state index in [1.54, 1.807) is 0 Å². The second-order valence-corrected chi connectivity index (χ2v) is 7.00. The molecule has 16 heavy (non-hydrogen) atoms. The van der Waals surface area contributed by atoms with Crippen molar-refractivity contribution in [1.82, 2.24) is 4.90 Å². The van der Waals surface area contributed by atoms with Gasteiger partial charge in [0.15, 0.2) is 0 Å². The first-order valence-electron chi connectivity index (χ1n) is 6.10. The van der Waals surface area contributed by atoms with Crippen LogP contribution >= 0.6 is 27.3 Å². The Balaban J connectivity index is 1.81. The number of hydrogen-bond acceptors (Lipinski definition) is 2. The summed E-state index contributed by atoms with van der Waals surface area (Å²) in [5.41, 5.74) is 0. The molecule has 1 aliphatic rings. The molecule has 0 aliphatic carbocycles. The van der Waals surface area contributed by atoms with Gasteiger partial charge in [-0.2, -0.15) is 0 Å². The van der Waals surface area contributed by atoms with E-state index in [4.69, 9.17) is 0 Å². The van der Waals surface area contributed by atoms with Crippen LogP contribution in [-0.4, -0.2) is 18.0 Å². The molecule has 0 saturated carbocycles. The maximum absolute atomic E-state index is 3.52. The summed E-state index contributed by atoms with van der Waals surface area (Å²) in [5.74, 6) is 1.81. The van der Waals surface area contributed by atoms with Gasteiger partial charge in [0.1, 0.15) is 0 Å². The van der Waals surface area contributed by atoms with Gasteiger partial charge in [-0.25, -0.2) is 0 Å². The number of hydrogen-bond donors (Lipinski definition) is 0. The fourth-order valence-corrected chi connectivity index (χ4v) is 3.93. The minimum Gasteiger partial charge on any atom is -0.298 e. The molecular weight excluding hydrogens is 282 g/mol. The first-order chi connectivity index (χ1) is 7.65. The normalized spacial score (nSPS) is 19.5. The van der Waals surface area contributed by atoms with Crippen molar-refractivity contribution in [2.45, 2.75) is 33.2 Å². The van der Waals surface area contributed by atoms with E-state index in [0.29, 0.717) is 0 Å². The molecule has 1 aromatic rings. The fraction of sp³-hybridized carbons (Fsp3) is 0.692. The lowest BCUT2D eigenvalue weighted by atomic mass is 9.87. The van der Waals surface area contributed by atoms with Crippen LogP contribution in [0.2, 0.25) is 0 Å². The molecule has 1 nitrogen and oxygen atoms in total. The Labute approximate surface area is 111 Å². The summed E-state index contributed by atoms with van der Waals surface area (Å²) < 4.78 is 1.23. The average Bonchev–Trinajstić information content (AvgIpc) is 2.65. The summed E-state index contributed by atoms with van der Waals surface area (Å²) in [7, 11) is 0. The van der Waals surface area contributed by atoms with Crippen molar-refractivity contribution in [1.29, 1.82) is 0 Å². The van der Waals surface area contributed by atoms with Crippen LogP contribution in [0.15, 0.2) is 15.9 Å². The maximum Gasteiger partial charge on any atom is 0.0328 e. The average molecular weight is 302 g/mol. The highest BCUT2D eigenvalue weighted by Crippen LogP contribution is 2.27. The lowest BCUT2D eigenvalue weighted by Crippen LogP contribution is -2.34. The minimum absolute atomic E-state index is 0.859. The molecule has 2 rings (SSSR count). The van der Waals surface area contributed by atoms with Crippen LogP contribution in [0.3, 0.4) is 0 Å². The number of halogens is 1. The largest absolute Gasteiger partial charge is 0.298 e. The van der Waals surface area contributed by atoms with Crippen molar-refractivity contribution in [3.63, 3.8) is 0 Å². The molecule has 90 valence electrons. The lowest BCUT2D eigenvalue weighted by molar-refractivity contribution is 0.153. The van der Waals surface area contributed by atoms with Crippen LogP contribution in [0.25, 0.3) is 0 Å². The Morgan fingerprint density at radius 1 is 1.44 bits per heavy atom. The van der Waals surface area contributed by atoms with Crippen LogP contribution in [0.4, 0.5) is 0 Å². The number of likely N-dealkylation sites (tertiary alicyclic amines) is 1. The molecule has 0 aromatic carbocycles. The van der Waals surface area contributed by atoms with Crippen LogP contribution in [-0.2, 0) is 6.54 Å². The molecule has 0 spiro atoms. The molecule has 0 unspecified atom stereocenters. The molecule has 1 aromatic heterocycles. The van der Waals surface area contributed by atoms with Gasteiger partial charge in [0.05, 0.1) is 0 Å². The smallest absolute Gasteiger partial charge is 0.0328 e. The Morgan fingerprint density at radius 3 is 2.62 bits per heavy atom. The fourth-order valence-electron chi connectivity index (χ4n) is 2.43. The zero-order chi connectivity index (χ0) is 11.5. The number of nitrogens with zero attached hydrogens (tertiary/aromatic N) is 1. The monoisotopic (exact) mass is 301 g/mol. The molecular formula is C13H20BrNS. The van der Waals surface area contributed by atoms with E-state index < -0.39 is 0 Å². The van der Waals surface area contributed by atoms with Gasteiger partial charge in [-0.15, -0.1) is 11.3 Å². The van der Waals surface area contributed by atoms with Gasteiger partial charge in [0.2, 0.25) is 0 Å². The predicted molar refractivity (Wildman–Crippen MR) is 74.9 cm³/mol. The number of thiophene rings is 1. The van der Waals surface area contributed by atoms with E-state index >= 15 is 0 Å². The maximum atomic E-state index is 3.52. The molecule has 1 aliphatic heterocycles. The summed E-state index contributed by atoms with van der Waals surface area (Å²) in [6, 6.07) is 2.25. The Bertz CT molecular complexity index is 326. The molecule has 0 atom stereocenters. The molecule has 1 fully saturated rings. The first-order valence-corrected chi connectivity index (χ1v) is 7.77. The van der Waals surface area contributed by atoms with E-state index in [1.165, 1.54) is 35.3 Å². The van der Waals surface area contributed by atoms with Gasteiger partial charge in [0, 0.05) is 21.3 Å². The second kappa shape index (κ2) is 5.65. The Hall–Kier alpha value is 0.140. The number of piperidine rings is 1. The van der Waals surface area contributed by atoms with E-state index in [-0.39, 0.29) is 0 Å². The van der Waals surface area contributed by atoms with E-state index in [0.717, 1.165) is 18.4 Å². The second-order valence-electron chi connectivity index (χ2n) is 5.09. The summed E-state index contributed by atoms with van der Waals surface area (Å²) in [6.45, 7) is 8.41. The quantitative estimate of drug-likeness (QED) is 0.801. The van der Waals surface area contributed by atoms with Crippen LogP contribution in [0.5, 0.6) is 0 Å². The minimum atomic E-state index is 0.859. The van der Waals surface area contributed by atoms with Crippen LogP contribution < -0.4 is 0 Å². The topological polar surface area (TPSA) is 3.24 Å². The highest BCUT2D eigenvalue weighted by molar-refractivity contribution is 9.10. The SMILES string of the molecule is CC(C)C1CCN(Cc2cc(Br)cs2)CC1. The third-order valence-electron chi connectivity index (χ3n) is 3.58. The third kappa shape index (κ3) is 3.31. The van der Waals surface area contributed by atoms with Crippen molar-refractivity contribution in [3.8, 4) is 0 Å². The molecule has 0 bridgehead atoms. The molecule has 3 heteroatoms. The summed E-state index contributed by atoms with van der Waals surface area (Å²) in [6.07, 6.45) is 2.76. The molecule has 1 saturated heterocycles. The molecule has 0 N–H and O–H groups in total. The summed E-state index contributed by atoms with van der Waals surface area (Å²) in [5, 5.41) is 2.18. The van der Waals surface area contributed by atoms with Crippen molar-refractivity contribution in [3.05, 3.63) is 20.8 Å². The summed E-state index contributed by atoms with van der Waals surface area (Å²) in [4.78, 5) is 4.08. The zero-order valence-corrected chi connectivity index (χ0v) is 12.5. The van der Waals surface area contributed by atoms with Gasteiger partial charge < -0.3 is 0 Å². The van der Waals surface area contributed by atoms with E-state index in [2.05, 4.69) is 46.1 Å². The van der Waals surface area contributed by atoms with Gasteiger partial charge in [0.25, 0.3) is 0 Å². The highest BCUT2D eigenvalue weighted by Gasteiger charge is 2.21. The van der Waals surface area contributed by atoms with Crippen molar-refractivity contribution in [2.75, 3.05) is 13.1 Å². The number of rotatable bonds is 3. The Morgan fingerprint density at radius 2 is 2.12 bits per heavy atom. The van der Waals surface area contributed by atoms with Crippen molar-refractivity contribution >= 4 is 27.3 Å². The standard InChI is InChI=1S/C13H20BrNS/c1-10(2)11-3-5-15(6-4-11)8-13-7-12(14)9-16-13/h7,9-11H,3-6,8H2,1-2H3. The van der Waals surface area contributed by atoms with Gasteiger partial charge >= 0.3 is 0 Å². The zero-order valence-electron chi connectivity index (χ0n) is 10.1. The van der Waals surface area contributed by atoms with Gasteiger partial charge in [-0.3, -0.25) is 4.90 Å². The molecule has 0 amide bonds. The molecule has 2 heterocycles. The van der Waals surface area contributed by atoms with Crippen molar-refractivity contribution < 1.29 is 0 Å². The van der Waals surface area contributed by atoms with E-state index in [9.17, 15) is 0 Å². The Kier molecular flexibility index (Phi) is 4.45. The summed E-state index contributed by atoms with van der Waals surface area (Å²) >= 11 is 5.38. The van der Waals surface area contributed by atoms with Crippen molar-refractivity contribution in [2.24, 2.45) is 11.8 Å². The van der Waals surface area contributed by atoms with Gasteiger partial charge in [-0.1, -0.05) is 13.8 Å². The molecule has 0 radical (unpaired) electrons. The van der Waals surface area contributed by atoms with Crippen LogP contribution in [0, 0.1) is 11.8 Å². The third-order valence-corrected chi connectivity index (χ3v) is 5.26. The van der Waals surface area contributed by atoms with Gasteiger partial charge in [-0.05, 0) is 59.8 Å². The lowest BCUT2D eigenvalue weighted by Gasteiger charge is -2.33. The predicted octanol–water partition coefficient (Wildman–Crippen LogP) is 4.38. The first kappa shape index (κ1) is 12.6.